The minimum atomic E-state index is -0.0624. The normalized spacial score (nSPS) is 22.3. The number of rotatable bonds is 5. The molecule has 0 spiro atoms. The van der Waals surface area contributed by atoms with Crippen LogP contribution >= 0.6 is 0 Å². The van der Waals surface area contributed by atoms with Crippen molar-refractivity contribution in [2.75, 3.05) is 26.7 Å². The Morgan fingerprint density at radius 2 is 1.94 bits per heavy atom. The molecule has 0 amide bonds. The molecule has 3 heteroatoms. The van der Waals surface area contributed by atoms with E-state index in [-0.39, 0.29) is 5.60 Å². The van der Waals surface area contributed by atoms with Crippen molar-refractivity contribution in [1.82, 2.24) is 4.90 Å². The molecule has 1 aliphatic rings. The molecule has 0 aromatic rings. The maximum atomic E-state index is 5.90. The monoisotopic (exact) mass is 228 g/mol. The van der Waals surface area contributed by atoms with Gasteiger partial charge in [0.2, 0.25) is 0 Å². The lowest BCUT2D eigenvalue weighted by molar-refractivity contribution is -0.0118. The van der Waals surface area contributed by atoms with Crippen molar-refractivity contribution in [3.05, 3.63) is 0 Å². The molecule has 2 N–H and O–H groups in total. The van der Waals surface area contributed by atoms with Crippen LogP contribution in [0.2, 0.25) is 0 Å². The van der Waals surface area contributed by atoms with Crippen molar-refractivity contribution in [3.63, 3.8) is 0 Å². The van der Waals surface area contributed by atoms with Gasteiger partial charge in [-0.1, -0.05) is 6.92 Å². The van der Waals surface area contributed by atoms with Crippen molar-refractivity contribution in [2.24, 2.45) is 11.7 Å². The van der Waals surface area contributed by atoms with E-state index >= 15 is 0 Å². The lowest BCUT2D eigenvalue weighted by Crippen LogP contribution is -2.48. The second-order valence-corrected chi connectivity index (χ2v) is 5.78. The average Bonchev–Trinajstić information content (AvgIpc) is 2.27. The number of nitrogens with two attached hydrogens (primary N) is 1. The van der Waals surface area contributed by atoms with Crippen LogP contribution in [0, 0.1) is 5.92 Å². The van der Waals surface area contributed by atoms with Crippen LogP contribution < -0.4 is 5.73 Å². The number of hydrogen-bond donors (Lipinski definition) is 1. The fraction of sp³-hybridized carbons (Fsp3) is 1.00. The molecule has 1 unspecified atom stereocenters. The summed E-state index contributed by atoms with van der Waals surface area (Å²) in [6.07, 6.45) is 3.64. The highest BCUT2D eigenvalue weighted by atomic mass is 16.5. The van der Waals surface area contributed by atoms with Crippen LogP contribution in [-0.4, -0.2) is 43.3 Å². The van der Waals surface area contributed by atoms with E-state index in [0.717, 1.165) is 18.9 Å². The lowest BCUT2D eigenvalue weighted by Gasteiger charge is -2.39. The van der Waals surface area contributed by atoms with Gasteiger partial charge in [0.25, 0.3) is 0 Å². The minimum absolute atomic E-state index is 0.0624. The Kier molecular flexibility index (Phi) is 5.22. The Hall–Kier alpha value is -0.120. The summed E-state index contributed by atoms with van der Waals surface area (Å²) in [4.78, 5) is 2.54. The van der Waals surface area contributed by atoms with Gasteiger partial charge in [0.1, 0.15) is 0 Å². The largest absolute Gasteiger partial charge is 0.379 e. The third-order valence-electron chi connectivity index (χ3n) is 3.89. The van der Waals surface area contributed by atoms with Crippen LogP contribution in [0.25, 0.3) is 0 Å². The average molecular weight is 228 g/mol. The van der Waals surface area contributed by atoms with Crippen molar-refractivity contribution in [2.45, 2.75) is 51.7 Å². The molecule has 0 bridgehead atoms. The summed E-state index contributed by atoms with van der Waals surface area (Å²) in [6.45, 7) is 9.76. The van der Waals surface area contributed by atoms with E-state index in [0.29, 0.717) is 6.04 Å². The summed E-state index contributed by atoms with van der Waals surface area (Å²) in [7, 11) is 1.78. The molecule has 1 rings (SSSR count). The molecule has 0 aromatic heterocycles. The van der Waals surface area contributed by atoms with Gasteiger partial charge in [-0.05, 0) is 52.1 Å². The maximum absolute atomic E-state index is 5.90. The fourth-order valence-electron chi connectivity index (χ4n) is 2.41. The van der Waals surface area contributed by atoms with Crippen LogP contribution in [0.5, 0.6) is 0 Å². The molecule has 96 valence electrons. The Balaban J connectivity index is 2.47. The Labute approximate surface area is 100 Å². The van der Waals surface area contributed by atoms with Gasteiger partial charge in [-0.3, -0.25) is 4.90 Å². The first kappa shape index (κ1) is 13.9. The summed E-state index contributed by atoms with van der Waals surface area (Å²) >= 11 is 0. The maximum Gasteiger partial charge on any atom is 0.0638 e. The molecule has 16 heavy (non-hydrogen) atoms. The van der Waals surface area contributed by atoms with E-state index in [4.69, 9.17) is 10.5 Å². The highest BCUT2D eigenvalue weighted by Gasteiger charge is 2.28. The van der Waals surface area contributed by atoms with Gasteiger partial charge < -0.3 is 10.5 Å². The van der Waals surface area contributed by atoms with Crippen LogP contribution in [0.1, 0.15) is 40.0 Å². The number of hydrogen-bond acceptors (Lipinski definition) is 3. The molecule has 0 aromatic carbocycles. The van der Waals surface area contributed by atoms with Crippen LogP contribution in [0.15, 0.2) is 0 Å². The third kappa shape index (κ3) is 4.04. The van der Waals surface area contributed by atoms with Crippen molar-refractivity contribution < 1.29 is 4.74 Å². The van der Waals surface area contributed by atoms with E-state index < -0.39 is 0 Å². The highest BCUT2D eigenvalue weighted by molar-refractivity contribution is 4.83. The third-order valence-corrected chi connectivity index (χ3v) is 3.89. The number of piperidine rings is 1. The summed E-state index contributed by atoms with van der Waals surface area (Å²) in [5, 5.41) is 0. The molecule has 3 nitrogen and oxygen atoms in total. The Bertz CT molecular complexity index is 198. The smallest absolute Gasteiger partial charge is 0.0638 e. The predicted octanol–water partition coefficient (Wildman–Crippen LogP) is 1.86. The van der Waals surface area contributed by atoms with Crippen molar-refractivity contribution >= 4 is 0 Å². The van der Waals surface area contributed by atoms with Crippen LogP contribution in [0.3, 0.4) is 0 Å². The first-order valence-electron chi connectivity index (χ1n) is 6.48. The quantitative estimate of drug-likeness (QED) is 0.780. The second-order valence-electron chi connectivity index (χ2n) is 5.78. The van der Waals surface area contributed by atoms with Crippen molar-refractivity contribution in [1.29, 1.82) is 0 Å². The highest BCUT2D eigenvalue weighted by Crippen LogP contribution is 2.23. The molecule has 0 radical (unpaired) electrons. The Morgan fingerprint density at radius 1 is 1.38 bits per heavy atom. The van der Waals surface area contributed by atoms with E-state index in [9.17, 15) is 0 Å². The van der Waals surface area contributed by atoms with E-state index in [1.807, 2.05) is 0 Å². The van der Waals surface area contributed by atoms with Crippen LogP contribution in [-0.2, 0) is 4.74 Å². The molecule has 0 aliphatic carbocycles. The van der Waals surface area contributed by atoms with Gasteiger partial charge in [0.05, 0.1) is 5.60 Å². The molecule has 1 atom stereocenters. The van der Waals surface area contributed by atoms with Gasteiger partial charge in [0.15, 0.2) is 0 Å². The van der Waals surface area contributed by atoms with Gasteiger partial charge in [-0.25, -0.2) is 0 Å². The van der Waals surface area contributed by atoms with Gasteiger partial charge >= 0.3 is 0 Å². The number of ether oxygens (including phenoxy) is 1. The summed E-state index contributed by atoms with van der Waals surface area (Å²) in [5.41, 5.74) is 5.84. The second kappa shape index (κ2) is 5.99. The molecule has 1 saturated heterocycles. The molecule has 1 heterocycles. The predicted molar refractivity (Wildman–Crippen MR) is 68.5 cm³/mol. The molecule has 1 fully saturated rings. The Morgan fingerprint density at radius 3 is 2.38 bits per heavy atom. The first-order chi connectivity index (χ1) is 7.48. The van der Waals surface area contributed by atoms with Crippen molar-refractivity contribution in [3.8, 4) is 0 Å². The van der Waals surface area contributed by atoms with Gasteiger partial charge in [-0.15, -0.1) is 0 Å². The summed E-state index contributed by atoms with van der Waals surface area (Å²) in [5.74, 6) is 0.880. The van der Waals surface area contributed by atoms with Crippen LogP contribution in [0.4, 0.5) is 0 Å². The minimum Gasteiger partial charge on any atom is -0.379 e. The van der Waals surface area contributed by atoms with Gasteiger partial charge in [0, 0.05) is 19.7 Å². The molecular weight excluding hydrogens is 200 g/mol. The number of likely N-dealkylation sites (tertiary alicyclic amines) is 1. The summed E-state index contributed by atoms with van der Waals surface area (Å²) < 4.78 is 5.50. The van der Waals surface area contributed by atoms with E-state index in [1.54, 1.807) is 7.11 Å². The zero-order valence-corrected chi connectivity index (χ0v) is 11.3. The zero-order chi connectivity index (χ0) is 12.2. The summed E-state index contributed by atoms with van der Waals surface area (Å²) in [6, 6.07) is 0.474. The van der Waals surface area contributed by atoms with E-state index in [1.165, 1.54) is 25.9 Å². The first-order valence-corrected chi connectivity index (χ1v) is 6.48. The lowest BCUT2D eigenvalue weighted by atomic mass is 9.93. The van der Waals surface area contributed by atoms with E-state index in [2.05, 4.69) is 25.7 Å². The number of methoxy groups -OCH3 is 1. The molecule has 1 aliphatic heterocycles. The fourth-order valence-corrected chi connectivity index (χ4v) is 2.41. The molecule has 0 saturated carbocycles. The SMILES string of the molecule is COC(C)(C)CC(CN)N1CCC(C)CC1. The molecular formula is C13H28N2O. The van der Waals surface area contributed by atoms with Gasteiger partial charge in [-0.2, -0.15) is 0 Å². The number of nitrogens with zero attached hydrogens (tertiary/aromatic N) is 1. The topological polar surface area (TPSA) is 38.5 Å². The standard InChI is InChI=1S/C13H28N2O/c1-11-5-7-15(8-6-11)12(10-14)9-13(2,3)16-4/h11-12H,5-10,14H2,1-4H3. The zero-order valence-electron chi connectivity index (χ0n) is 11.3.